The van der Waals surface area contributed by atoms with Crippen molar-refractivity contribution in [2.75, 3.05) is 13.2 Å². The predicted molar refractivity (Wildman–Crippen MR) is 117 cm³/mol. The molecule has 0 fully saturated rings. The second-order valence-electron chi connectivity index (χ2n) is 7.12. The maximum atomic E-state index is 5.95. The van der Waals surface area contributed by atoms with E-state index in [9.17, 15) is 0 Å². The molecule has 1 aliphatic heterocycles. The van der Waals surface area contributed by atoms with Gasteiger partial charge in [-0.05, 0) is 53.3 Å². The molecule has 0 unspecified atom stereocenters. The highest BCUT2D eigenvalue weighted by Gasteiger charge is 2.15. The van der Waals surface area contributed by atoms with Gasteiger partial charge in [0.15, 0.2) is 11.5 Å². The Labute approximate surface area is 173 Å². The van der Waals surface area contributed by atoms with Gasteiger partial charge in [0.1, 0.15) is 24.4 Å². The molecule has 4 nitrogen and oxygen atoms in total. The highest BCUT2D eigenvalue weighted by atomic mass is 35.5. The van der Waals surface area contributed by atoms with Gasteiger partial charge in [-0.1, -0.05) is 24.3 Å². The molecule has 29 heavy (non-hydrogen) atoms. The van der Waals surface area contributed by atoms with Gasteiger partial charge in [0, 0.05) is 28.6 Å². The second kappa shape index (κ2) is 6.98. The van der Waals surface area contributed by atoms with Crippen molar-refractivity contribution in [3.63, 3.8) is 0 Å². The lowest BCUT2D eigenvalue weighted by Crippen LogP contribution is -2.15. The van der Waals surface area contributed by atoms with Crippen LogP contribution in [0.2, 0.25) is 0 Å². The average molecular weight is 404 g/mol. The fraction of sp³-hybridized carbons (Fsp3) is 0.125. The molecule has 0 spiro atoms. The lowest BCUT2D eigenvalue weighted by Gasteiger charge is -2.19. The number of hydrogen-bond acceptors (Lipinski definition) is 4. The number of pyridine rings is 1. The first-order valence-electron chi connectivity index (χ1n) is 9.41. The normalized spacial score (nSPS) is 13.0. The van der Waals surface area contributed by atoms with Crippen LogP contribution >= 0.6 is 12.4 Å². The predicted octanol–water partition coefficient (Wildman–Crippen LogP) is 5.92. The van der Waals surface area contributed by atoms with Gasteiger partial charge < -0.3 is 13.9 Å². The van der Waals surface area contributed by atoms with Gasteiger partial charge in [0.25, 0.3) is 0 Å². The summed E-state index contributed by atoms with van der Waals surface area (Å²) in [5.41, 5.74) is 4.23. The summed E-state index contributed by atoms with van der Waals surface area (Å²) < 4.78 is 17.4. The molecule has 5 heteroatoms. The van der Waals surface area contributed by atoms with E-state index in [1.807, 2.05) is 36.7 Å². The number of rotatable bonds is 2. The molecule has 3 aromatic carbocycles. The van der Waals surface area contributed by atoms with Crippen LogP contribution in [-0.2, 0) is 6.42 Å². The van der Waals surface area contributed by atoms with Gasteiger partial charge in [-0.3, -0.25) is 4.98 Å². The summed E-state index contributed by atoms with van der Waals surface area (Å²) >= 11 is 0. The Morgan fingerprint density at radius 1 is 0.759 bits per heavy atom. The van der Waals surface area contributed by atoms with E-state index >= 15 is 0 Å². The van der Waals surface area contributed by atoms with Crippen molar-refractivity contribution >= 4 is 45.1 Å². The van der Waals surface area contributed by atoms with Crippen molar-refractivity contribution in [1.82, 2.24) is 4.98 Å². The molecule has 0 bridgehead atoms. The SMILES string of the molecule is Cl.c1ccc2c(c1)oc1ccc(Cc3cncc4cc5c(cc34)OCCO5)cc12. The maximum absolute atomic E-state index is 5.95. The van der Waals surface area contributed by atoms with E-state index in [1.165, 1.54) is 11.1 Å². The minimum Gasteiger partial charge on any atom is -0.486 e. The highest BCUT2D eigenvalue weighted by molar-refractivity contribution is 6.05. The topological polar surface area (TPSA) is 44.5 Å². The summed E-state index contributed by atoms with van der Waals surface area (Å²) in [6.07, 6.45) is 4.61. The van der Waals surface area contributed by atoms with Crippen LogP contribution in [0.1, 0.15) is 11.1 Å². The Morgan fingerprint density at radius 3 is 2.45 bits per heavy atom. The fourth-order valence-electron chi connectivity index (χ4n) is 4.01. The standard InChI is InChI=1S/C24H17NO3.ClH/c1-2-4-21-18(3-1)20-10-15(5-6-22(20)28-21)9-16-13-25-14-17-11-23-24(12-19(16)17)27-8-7-26-23;/h1-6,10-14H,7-9H2;1H. The highest BCUT2D eigenvalue weighted by Crippen LogP contribution is 2.36. The van der Waals surface area contributed by atoms with Gasteiger partial charge in [0.2, 0.25) is 0 Å². The van der Waals surface area contributed by atoms with Crippen LogP contribution in [0.15, 0.2) is 71.4 Å². The summed E-state index contributed by atoms with van der Waals surface area (Å²) in [7, 11) is 0. The van der Waals surface area contributed by atoms with E-state index < -0.39 is 0 Å². The van der Waals surface area contributed by atoms with E-state index in [0.717, 1.165) is 50.6 Å². The van der Waals surface area contributed by atoms with Crippen LogP contribution in [0.4, 0.5) is 0 Å². The third-order valence-corrected chi connectivity index (χ3v) is 5.34. The molecule has 0 saturated carbocycles. The zero-order chi connectivity index (χ0) is 18.5. The number of ether oxygens (including phenoxy) is 2. The van der Waals surface area contributed by atoms with Gasteiger partial charge in [-0.2, -0.15) is 0 Å². The molecule has 5 aromatic rings. The summed E-state index contributed by atoms with van der Waals surface area (Å²) in [5.74, 6) is 1.60. The van der Waals surface area contributed by atoms with Gasteiger partial charge in [-0.15, -0.1) is 12.4 Å². The number of furan rings is 1. The Hall–Kier alpha value is -3.24. The average Bonchev–Trinajstić information content (AvgIpc) is 3.11. The van der Waals surface area contributed by atoms with Crippen LogP contribution in [0.5, 0.6) is 11.5 Å². The Morgan fingerprint density at radius 2 is 1.55 bits per heavy atom. The Balaban J connectivity index is 0.00000181. The molecule has 3 heterocycles. The van der Waals surface area contributed by atoms with Crippen LogP contribution in [-0.4, -0.2) is 18.2 Å². The molecule has 6 rings (SSSR count). The minimum atomic E-state index is 0. The zero-order valence-electron chi connectivity index (χ0n) is 15.6. The Bertz CT molecular complexity index is 1360. The number of para-hydroxylation sites is 1. The number of hydrogen-bond donors (Lipinski definition) is 0. The molecular formula is C24H18ClNO3. The van der Waals surface area contributed by atoms with Crippen molar-refractivity contribution in [2.45, 2.75) is 6.42 Å². The number of halogens is 1. The lowest BCUT2D eigenvalue weighted by molar-refractivity contribution is 0.172. The molecular weight excluding hydrogens is 386 g/mol. The van der Waals surface area contributed by atoms with Gasteiger partial charge in [0.05, 0.1) is 0 Å². The molecule has 0 saturated heterocycles. The first-order chi connectivity index (χ1) is 13.8. The number of fused-ring (bicyclic) bond motifs is 5. The molecule has 0 aliphatic carbocycles. The first kappa shape index (κ1) is 17.8. The van der Waals surface area contributed by atoms with E-state index in [-0.39, 0.29) is 12.4 Å². The minimum absolute atomic E-state index is 0. The summed E-state index contributed by atoms with van der Waals surface area (Å²) in [6, 6.07) is 18.7. The molecule has 1 aliphatic rings. The third kappa shape index (κ3) is 2.97. The fourth-order valence-corrected chi connectivity index (χ4v) is 4.01. The summed E-state index contributed by atoms with van der Waals surface area (Å²) in [6.45, 7) is 1.17. The van der Waals surface area contributed by atoms with E-state index in [0.29, 0.717) is 13.2 Å². The summed E-state index contributed by atoms with van der Waals surface area (Å²) in [4.78, 5) is 4.45. The van der Waals surface area contributed by atoms with Crippen molar-refractivity contribution in [3.8, 4) is 11.5 Å². The van der Waals surface area contributed by atoms with Crippen LogP contribution in [0, 0.1) is 0 Å². The first-order valence-corrected chi connectivity index (χ1v) is 9.41. The van der Waals surface area contributed by atoms with Crippen LogP contribution in [0.3, 0.4) is 0 Å². The van der Waals surface area contributed by atoms with Crippen LogP contribution < -0.4 is 9.47 Å². The number of aromatic nitrogens is 1. The quantitative estimate of drug-likeness (QED) is 0.367. The number of nitrogens with zero attached hydrogens (tertiary/aromatic N) is 1. The molecule has 0 N–H and O–H groups in total. The van der Waals surface area contributed by atoms with Crippen molar-refractivity contribution in [1.29, 1.82) is 0 Å². The smallest absolute Gasteiger partial charge is 0.162 e. The molecule has 0 atom stereocenters. The van der Waals surface area contributed by atoms with Gasteiger partial charge >= 0.3 is 0 Å². The summed E-state index contributed by atoms with van der Waals surface area (Å²) in [5, 5.41) is 4.51. The number of benzene rings is 3. The molecule has 144 valence electrons. The molecule has 0 amide bonds. The van der Waals surface area contributed by atoms with Crippen molar-refractivity contribution in [3.05, 3.63) is 78.1 Å². The largest absolute Gasteiger partial charge is 0.486 e. The zero-order valence-corrected chi connectivity index (χ0v) is 16.4. The van der Waals surface area contributed by atoms with E-state index in [2.05, 4.69) is 35.3 Å². The van der Waals surface area contributed by atoms with Crippen molar-refractivity contribution < 1.29 is 13.9 Å². The second-order valence-corrected chi connectivity index (χ2v) is 7.12. The lowest BCUT2D eigenvalue weighted by atomic mass is 9.99. The maximum Gasteiger partial charge on any atom is 0.162 e. The third-order valence-electron chi connectivity index (χ3n) is 5.34. The van der Waals surface area contributed by atoms with E-state index in [4.69, 9.17) is 13.9 Å². The monoisotopic (exact) mass is 403 g/mol. The Kier molecular flexibility index (Phi) is 4.29. The molecule has 2 aromatic heterocycles. The van der Waals surface area contributed by atoms with Crippen LogP contribution in [0.25, 0.3) is 32.7 Å². The molecule has 0 radical (unpaired) electrons. The van der Waals surface area contributed by atoms with Crippen molar-refractivity contribution in [2.24, 2.45) is 0 Å². The van der Waals surface area contributed by atoms with E-state index in [1.54, 1.807) is 0 Å². The van der Waals surface area contributed by atoms with Gasteiger partial charge in [-0.25, -0.2) is 0 Å².